The number of allylic oxidation sites excluding steroid dienone is 1. The summed E-state index contributed by atoms with van der Waals surface area (Å²) >= 11 is 0. The molecule has 0 heterocycles. The van der Waals surface area contributed by atoms with E-state index >= 15 is 0 Å². The zero-order valence-electron chi connectivity index (χ0n) is 15.3. The van der Waals surface area contributed by atoms with Gasteiger partial charge in [-0.2, -0.15) is 0 Å². The fourth-order valence-electron chi connectivity index (χ4n) is 3.65. The number of carbonyl (C=O) groups is 1. The highest BCUT2D eigenvalue weighted by atomic mass is 16.2. The highest BCUT2D eigenvalue weighted by molar-refractivity contribution is 5.98. The normalized spacial score (nSPS) is 20.3. The lowest BCUT2D eigenvalue weighted by Gasteiger charge is -2.31. The Labute approximate surface area is 141 Å². The highest BCUT2D eigenvalue weighted by Crippen LogP contribution is 2.31. The molecule has 1 aromatic rings. The zero-order valence-corrected chi connectivity index (χ0v) is 15.3. The first kappa shape index (κ1) is 17.8. The third-order valence-corrected chi connectivity index (χ3v) is 4.86. The maximum absolute atomic E-state index is 13.1. The molecule has 0 aromatic heterocycles. The van der Waals surface area contributed by atoms with E-state index in [2.05, 4.69) is 46.8 Å². The van der Waals surface area contributed by atoms with Gasteiger partial charge in [-0.05, 0) is 64.5 Å². The molecule has 2 rings (SSSR count). The number of hydrogen-bond donors (Lipinski definition) is 0. The van der Waals surface area contributed by atoms with Crippen molar-refractivity contribution in [1.29, 1.82) is 0 Å². The van der Waals surface area contributed by atoms with Crippen molar-refractivity contribution in [2.24, 2.45) is 5.92 Å². The molecule has 1 aromatic carbocycles. The van der Waals surface area contributed by atoms with Crippen LogP contribution in [0.25, 0.3) is 6.08 Å². The van der Waals surface area contributed by atoms with Crippen molar-refractivity contribution in [1.82, 2.24) is 4.90 Å². The van der Waals surface area contributed by atoms with Crippen LogP contribution in [0.15, 0.2) is 29.8 Å². The third-order valence-electron chi connectivity index (χ3n) is 4.86. The molecule has 2 nitrogen and oxygen atoms in total. The van der Waals surface area contributed by atoms with E-state index in [0.29, 0.717) is 5.92 Å². The maximum atomic E-state index is 13.1. The first-order chi connectivity index (χ1) is 10.9. The van der Waals surface area contributed by atoms with Crippen LogP contribution in [0.2, 0.25) is 0 Å². The summed E-state index contributed by atoms with van der Waals surface area (Å²) < 4.78 is 0. The van der Waals surface area contributed by atoms with E-state index in [4.69, 9.17) is 0 Å². The molecule has 0 radical (unpaired) electrons. The van der Waals surface area contributed by atoms with Crippen LogP contribution in [0.1, 0.15) is 76.2 Å². The molecule has 1 amide bonds. The zero-order chi connectivity index (χ0) is 17.0. The van der Waals surface area contributed by atoms with Gasteiger partial charge in [0.2, 0.25) is 0 Å². The molecule has 1 atom stereocenters. The third kappa shape index (κ3) is 4.25. The molecule has 0 spiro atoms. The van der Waals surface area contributed by atoms with Gasteiger partial charge in [0.25, 0.3) is 5.91 Å². The second kappa shape index (κ2) is 7.81. The predicted molar refractivity (Wildman–Crippen MR) is 98.5 cm³/mol. The van der Waals surface area contributed by atoms with Crippen LogP contribution in [0.3, 0.4) is 0 Å². The molecule has 1 saturated carbocycles. The van der Waals surface area contributed by atoms with Gasteiger partial charge in [-0.15, -0.1) is 0 Å². The molecule has 1 aliphatic carbocycles. The van der Waals surface area contributed by atoms with Gasteiger partial charge < -0.3 is 4.90 Å². The summed E-state index contributed by atoms with van der Waals surface area (Å²) in [6.45, 7) is 10.7. The van der Waals surface area contributed by atoms with Gasteiger partial charge in [-0.25, -0.2) is 0 Å². The Morgan fingerprint density at radius 3 is 2.39 bits per heavy atom. The molecule has 0 aliphatic heterocycles. The largest absolute Gasteiger partial charge is 0.334 e. The fourth-order valence-corrected chi connectivity index (χ4v) is 3.65. The van der Waals surface area contributed by atoms with E-state index in [1.54, 1.807) is 0 Å². The monoisotopic (exact) mass is 313 g/mol. The number of benzene rings is 1. The average Bonchev–Trinajstić information content (AvgIpc) is 2.49. The van der Waals surface area contributed by atoms with Crippen molar-refractivity contribution in [3.8, 4) is 0 Å². The van der Waals surface area contributed by atoms with Gasteiger partial charge in [0, 0.05) is 17.6 Å². The van der Waals surface area contributed by atoms with Crippen LogP contribution in [-0.4, -0.2) is 22.9 Å². The topological polar surface area (TPSA) is 20.3 Å². The smallest absolute Gasteiger partial charge is 0.254 e. The Bertz CT molecular complexity index is 563. The molecule has 0 N–H and O–H groups in total. The summed E-state index contributed by atoms with van der Waals surface area (Å²) in [5, 5.41) is 0. The maximum Gasteiger partial charge on any atom is 0.254 e. The number of carbonyl (C=O) groups excluding carboxylic acids is 1. The molecule has 23 heavy (non-hydrogen) atoms. The van der Waals surface area contributed by atoms with Crippen LogP contribution < -0.4 is 0 Å². The molecule has 0 saturated heterocycles. The van der Waals surface area contributed by atoms with E-state index in [-0.39, 0.29) is 18.0 Å². The van der Waals surface area contributed by atoms with Gasteiger partial charge >= 0.3 is 0 Å². The summed E-state index contributed by atoms with van der Waals surface area (Å²) in [5.41, 5.74) is 3.41. The highest BCUT2D eigenvalue weighted by Gasteiger charge is 2.23. The fraction of sp³-hybridized carbons (Fsp3) is 0.571. The Morgan fingerprint density at radius 1 is 1.13 bits per heavy atom. The van der Waals surface area contributed by atoms with Crippen molar-refractivity contribution >= 4 is 12.0 Å². The van der Waals surface area contributed by atoms with Gasteiger partial charge in [-0.3, -0.25) is 4.79 Å². The first-order valence-electron chi connectivity index (χ1n) is 9.04. The van der Waals surface area contributed by atoms with E-state index in [0.717, 1.165) is 11.1 Å². The van der Waals surface area contributed by atoms with Crippen molar-refractivity contribution < 1.29 is 4.79 Å². The van der Waals surface area contributed by atoms with E-state index < -0.39 is 0 Å². The van der Waals surface area contributed by atoms with Crippen molar-refractivity contribution in [3.05, 3.63) is 41.0 Å². The van der Waals surface area contributed by atoms with E-state index in [9.17, 15) is 4.79 Å². The molecule has 1 aliphatic rings. The van der Waals surface area contributed by atoms with Crippen LogP contribution in [0, 0.1) is 5.92 Å². The molecule has 0 bridgehead atoms. The van der Waals surface area contributed by atoms with Crippen molar-refractivity contribution in [3.63, 3.8) is 0 Å². The van der Waals surface area contributed by atoms with Crippen LogP contribution in [0.4, 0.5) is 0 Å². The standard InChI is InChI=1S/C21H31NO/c1-15(2)22(16(3)4)21(23)20-13-9-8-12-19(20)14-18-11-7-6-10-17(18)5/h8-9,12-17H,6-7,10-11H2,1-5H3/b18-14-. The van der Waals surface area contributed by atoms with Crippen molar-refractivity contribution in [2.45, 2.75) is 72.4 Å². The van der Waals surface area contributed by atoms with Gasteiger partial charge in [0.1, 0.15) is 0 Å². The molecule has 1 fully saturated rings. The molecule has 1 unspecified atom stereocenters. The Morgan fingerprint density at radius 2 is 1.78 bits per heavy atom. The lowest BCUT2D eigenvalue weighted by atomic mass is 9.84. The number of nitrogens with zero attached hydrogens (tertiary/aromatic N) is 1. The molecule has 2 heteroatoms. The summed E-state index contributed by atoms with van der Waals surface area (Å²) in [4.78, 5) is 15.0. The quantitative estimate of drug-likeness (QED) is 0.714. The number of rotatable bonds is 4. The molecular formula is C21H31NO. The Kier molecular flexibility index (Phi) is 6.04. The number of hydrogen-bond acceptors (Lipinski definition) is 1. The van der Waals surface area contributed by atoms with Crippen LogP contribution in [0.5, 0.6) is 0 Å². The summed E-state index contributed by atoms with van der Waals surface area (Å²) in [6.07, 6.45) is 7.31. The number of amides is 1. The minimum absolute atomic E-state index is 0.144. The van der Waals surface area contributed by atoms with Crippen molar-refractivity contribution in [2.75, 3.05) is 0 Å². The second-order valence-electron chi connectivity index (χ2n) is 7.35. The average molecular weight is 313 g/mol. The van der Waals surface area contributed by atoms with E-state index in [1.807, 2.05) is 23.1 Å². The lowest BCUT2D eigenvalue weighted by molar-refractivity contribution is 0.0643. The van der Waals surface area contributed by atoms with E-state index in [1.165, 1.54) is 31.3 Å². The predicted octanol–water partition coefficient (Wildman–Crippen LogP) is 5.54. The molecule has 126 valence electrons. The molecular weight excluding hydrogens is 282 g/mol. The lowest BCUT2D eigenvalue weighted by Crippen LogP contribution is -2.42. The SMILES string of the molecule is CC1CCCC/C1=C/c1ccccc1C(=O)N(C(C)C)C(C)C. The minimum Gasteiger partial charge on any atom is -0.334 e. The van der Waals surface area contributed by atoms with Crippen LogP contribution >= 0.6 is 0 Å². The summed E-state index contributed by atoms with van der Waals surface area (Å²) in [6, 6.07) is 8.47. The summed E-state index contributed by atoms with van der Waals surface area (Å²) in [7, 11) is 0. The second-order valence-corrected chi connectivity index (χ2v) is 7.35. The summed E-state index contributed by atoms with van der Waals surface area (Å²) in [5.74, 6) is 0.782. The van der Waals surface area contributed by atoms with Gasteiger partial charge in [0.05, 0.1) is 0 Å². The van der Waals surface area contributed by atoms with Crippen LogP contribution in [-0.2, 0) is 0 Å². The first-order valence-corrected chi connectivity index (χ1v) is 9.04. The van der Waals surface area contributed by atoms with Gasteiger partial charge in [0.15, 0.2) is 0 Å². The Hall–Kier alpha value is -1.57. The van der Waals surface area contributed by atoms with Gasteiger partial charge in [-0.1, -0.05) is 43.2 Å². The Balaban J connectivity index is 2.37. The minimum atomic E-state index is 0.144.